The number of aryl methyl sites for hydroxylation is 1. The summed E-state index contributed by atoms with van der Waals surface area (Å²) < 4.78 is 7.83. The Morgan fingerprint density at radius 2 is 1.43 bits per heavy atom. The number of aromatic nitrogens is 4. The monoisotopic (exact) mass is 649 g/mol. The first-order valence-electron chi connectivity index (χ1n) is 17.8. The van der Waals surface area contributed by atoms with E-state index in [1.54, 1.807) is 4.63 Å². The van der Waals surface area contributed by atoms with E-state index in [0.29, 0.717) is 23.1 Å². The van der Waals surface area contributed by atoms with Crippen molar-refractivity contribution < 1.29 is 9.57 Å². The van der Waals surface area contributed by atoms with E-state index in [1.165, 1.54) is 89.0 Å². The zero-order chi connectivity index (χ0) is 32.6. The largest absolute Gasteiger partial charge is 0.493 e. The lowest BCUT2D eigenvalue weighted by molar-refractivity contribution is -0.0348. The van der Waals surface area contributed by atoms with Crippen molar-refractivity contribution in [2.75, 3.05) is 6.61 Å². The second-order valence-corrected chi connectivity index (χ2v) is 13.3. The van der Waals surface area contributed by atoms with Crippen molar-refractivity contribution in [2.45, 2.75) is 136 Å². The predicted octanol–water partition coefficient (Wildman–Crippen LogP) is 10.9. The van der Waals surface area contributed by atoms with Crippen LogP contribution < -0.4 is 10.2 Å². The van der Waals surface area contributed by atoms with E-state index in [9.17, 15) is 0 Å². The van der Waals surface area contributed by atoms with Crippen LogP contribution in [0.2, 0.25) is 5.02 Å². The molecule has 4 rings (SSSR count). The molecule has 0 aliphatic carbocycles. The number of hydrogen-bond acceptors (Lipinski definition) is 5. The van der Waals surface area contributed by atoms with Crippen LogP contribution in [0.5, 0.6) is 5.75 Å². The van der Waals surface area contributed by atoms with E-state index in [4.69, 9.17) is 26.2 Å². The van der Waals surface area contributed by atoms with Gasteiger partial charge in [0.1, 0.15) is 10.8 Å². The minimum absolute atomic E-state index is 0.371. The fourth-order valence-corrected chi connectivity index (χ4v) is 6.18. The van der Waals surface area contributed by atoms with E-state index < -0.39 is 5.54 Å². The molecule has 0 spiro atoms. The Labute approximate surface area is 281 Å². The van der Waals surface area contributed by atoms with Crippen molar-refractivity contribution in [1.82, 2.24) is 25.3 Å². The van der Waals surface area contributed by atoms with E-state index in [1.807, 2.05) is 30.3 Å². The molecule has 0 amide bonds. The summed E-state index contributed by atoms with van der Waals surface area (Å²) in [7, 11) is 0. The number of nitrogens with zero attached hydrogens (tertiary/aromatic N) is 3. The van der Waals surface area contributed by atoms with Gasteiger partial charge in [0.25, 0.3) is 0 Å². The molecule has 0 fully saturated rings. The molecule has 0 aliphatic rings. The molecule has 2 aromatic carbocycles. The number of para-hydroxylation sites is 1. The molecular formula is C38H56ClN5O2. The summed E-state index contributed by atoms with van der Waals surface area (Å²) in [5.74, 6) is 1.51. The molecule has 0 saturated carbocycles. The Kier molecular flexibility index (Phi) is 14.9. The van der Waals surface area contributed by atoms with Gasteiger partial charge in [0.05, 0.1) is 24.4 Å². The molecule has 2 heterocycles. The van der Waals surface area contributed by atoms with Gasteiger partial charge < -0.3 is 4.74 Å². The topological polar surface area (TPSA) is 76.5 Å². The number of hydroxylamine groups is 1. The number of H-pyrrole nitrogens is 1. The fourth-order valence-electron chi connectivity index (χ4n) is 5.81. The summed E-state index contributed by atoms with van der Waals surface area (Å²) in [5, 5.41) is 8.50. The number of aromatic amines is 1. The van der Waals surface area contributed by atoms with E-state index in [-0.39, 0.29) is 0 Å². The minimum Gasteiger partial charge on any atom is -0.493 e. The quantitative estimate of drug-likeness (QED) is 0.0617. The molecule has 8 heteroatoms. The molecule has 0 bridgehead atoms. The standard InChI is InChI=1S/C38H56ClN5O2/c1-5-7-8-9-10-11-12-13-14-15-16-17-18-21-28-45-33-23-20-19-22-32(33)29-46-43-38(4,6-2)35-34(39)37-40-36(42-44(37)41-35)31-26-24-30(3)25-27-31/h19-20,22-27,41,43H,5-18,21,28-29H2,1-4H3. The van der Waals surface area contributed by atoms with Crippen LogP contribution in [0.15, 0.2) is 48.5 Å². The first-order chi connectivity index (χ1) is 22.4. The van der Waals surface area contributed by atoms with Gasteiger partial charge in [0, 0.05) is 11.1 Å². The lowest BCUT2D eigenvalue weighted by Gasteiger charge is -2.28. The van der Waals surface area contributed by atoms with Crippen molar-refractivity contribution in [1.29, 1.82) is 0 Å². The van der Waals surface area contributed by atoms with E-state index in [2.05, 4.69) is 61.6 Å². The molecule has 7 nitrogen and oxygen atoms in total. The van der Waals surface area contributed by atoms with Gasteiger partial charge in [-0.05, 0) is 32.8 Å². The number of nitrogens with one attached hydrogen (secondary N) is 2. The van der Waals surface area contributed by atoms with Gasteiger partial charge in [-0.3, -0.25) is 9.94 Å². The molecule has 252 valence electrons. The first-order valence-corrected chi connectivity index (χ1v) is 18.1. The molecule has 0 aliphatic heterocycles. The van der Waals surface area contributed by atoms with Crippen LogP contribution in [-0.4, -0.2) is 26.4 Å². The molecule has 2 N–H and O–H groups in total. The van der Waals surface area contributed by atoms with Crippen molar-refractivity contribution in [3.8, 4) is 17.1 Å². The van der Waals surface area contributed by atoms with Crippen molar-refractivity contribution >= 4 is 17.2 Å². The Hall–Kier alpha value is -2.87. The summed E-state index contributed by atoms with van der Waals surface area (Å²) in [6.07, 6.45) is 19.7. The van der Waals surface area contributed by atoms with Gasteiger partial charge in [0.2, 0.25) is 0 Å². The third-order valence-corrected chi connectivity index (χ3v) is 9.42. The van der Waals surface area contributed by atoms with Crippen molar-refractivity contribution in [2.24, 2.45) is 0 Å². The Balaban J connectivity index is 1.16. The van der Waals surface area contributed by atoms with Crippen LogP contribution >= 0.6 is 11.6 Å². The Morgan fingerprint density at radius 3 is 2.04 bits per heavy atom. The van der Waals surface area contributed by atoms with E-state index >= 15 is 0 Å². The lowest BCUT2D eigenvalue weighted by Crippen LogP contribution is -2.39. The average molecular weight is 650 g/mol. The zero-order valence-electron chi connectivity index (χ0n) is 28.7. The van der Waals surface area contributed by atoms with Gasteiger partial charge >= 0.3 is 0 Å². The van der Waals surface area contributed by atoms with Crippen LogP contribution in [-0.2, 0) is 17.0 Å². The molecular weight excluding hydrogens is 594 g/mol. The lowest BCUT2D eigenvalue weighted by atomic mass is 9.96. The summed E-state index contributed by atoms with van der Waals surface area (Å²) in [5.41, 5.74) is 7.21. The molecule has 46 heavy (non-hydrogen) atoms. The first kappa shape index (κ1) is 36.0. The predicted molar refractivity (Wildman–Crippen MR) is 190 cm³/mol. The maximum absolute atomic E-state index is 6.85. The highest BCUT2D eigenvalue weighted by molar-refractivity contribution is 6.34. The van der Waals surface area contributed by atoms with Crippen molar-refractivity contribution in [3.05, 3.63) is 70.4 Å². The Bertz CT molecular complexity index is 1430. The third-order valence-electron chi connectivity index (χ3n) is 9.06. The van der Waals surface area contributed by atoms with Gasteiger partial charge in [-0.1, -0.05) is 157 Å². The number of ether oxygens (including phenoxy) is 1. The summed E-state index contributed by atoms with van der Waals surface area (Å²) in [6.45, 7) is 9.59. The molecule has 0 radical (unpaired) electrons. The van der Waals surface area contributed by atoms with Crippen LogP contribution in [0.4, 0.5) is 0 Å². The minimum atomic E-state index is -0.576. The summed E-state index contributed by atoms with van der Waals surface area (Å²) in [6, 6.07) is 16.3. The Morgan fingerprint density at radius 1 is 0.826 bits per heavy atom. The van der Waals surface area contributed by atoms with Gasteiger partial charge in [0.15, 0.2) is 11.5 Å². The molecule has 2 aromatic heterocycles. The summed E-state index contributed by atoms with van der Waals surface area (Å²) >= 11 is 6.85. The van der Waals surface area contributed by atoms with Crippen LogP contribution in [0.25, 0.3) is 17.0 Å². The number of unbranched alkanes of at least 4 members (excludes halogenated alkanes) is 13. The molecule has 4 aromatic rings. The van der Waals surface area contributed by atoms with Gasteiger partial charge in [-0.25, -0.2) is 4.98 Å². The van der Waals surface area contributed by atoms with Crippen LogP contribution in [0.3, 0.4) is 0 Å². The number of halogens is 1. The fraction of sp³-hybridized carbons (Fsp3) is 0.579. The van der Waals surface area contributed by atoms with E-state index in [0.717, 1.165) is 42.0 Å². The molecule has 1 atom stereocenters. The van der Waals surface area contributed by atoms with Gasteiger partial charge in [-0.2, -0.15) is 10.1 Å². The smallest absolute Gasteiger partial charge is 0.194 e. The number of fused-ring (bicyclic) bond motifs is 1. The SMILES string of the molecule is CCCCCCCCCCCCCCCCOc1ccccc1CONC(C)(CC)c1[nH]n2nc(-c3ccc(C)cc3)nc2c1Cl. The second-order valence-electron chi connectivity index (χ2n) is 13.0. The normalized spacial score (nSPS) is 13.0. The third kappa shape index (κ3) is 10.6. The molecule has 1 unspecified atom stereocenters. The second kappa shape index (κ2) is 19.1. The number of rotatable bonds is 23. The average Bonchev–Trinajstić information content (AvgIpc) is 3.63. The maximum Gasteiger partial charge on any atom is 0.194 e. The van der Waals surface area contributed by atoms with Crippen LogP contribution in [0.1, 0.15) is 134 Å². The maximum atomic E-state index is 6.85. The highest BCUT2D eigenvalue weighted by Gasteiger charge is 2.32. The van der Waals surface area contributed by atoms with Crippen LogP contribution in [0, 0.1) is 6.92 Å². The van der Waals surface area contributed by atoms with Gasteiger partial charge in [-0.15, -0.1) is 5.10 Å². The van der Waals surface area contributed by atoms with Crippen molar-refractivity contribution in [3.63, 3.8) is 0 Å². The zero-order valence-corrected chi connectivity index (χ0v) is 29.4. The highest BCUT2D eigenvalue weighted by Crippen LogP contribution is 2.33. The molecule has 0 saturated heterocycles. The number of benzene rings is 2. The number of hydrogen-bond donors (Lipinski definition) is 2. The highest BCUT2D eigenvalue weighted by atomic mass is 35.5. The summed E-state index contributed by atoms with van der Waals surface area (Å²) in [4.78, 5) is 10.8.